The molecule has 3 heteroatoms. The Morgan fingerprint density at radius 3 is 1.90 bits per heavy atom. The number of aromatic nitrogens is 1. The van der Waals surface area contributed by atoms with Crippen LogP contribution in [0.5, 0.6) is 0 Å². The molecule has 0 saturated carbocycles. The first-order chi connectivity index (χ1) is 4.29. The molecule has 0 N–H and O–H groups in total. The number of rotatable bonds is 0. The van der Waals surface area contributed by atoms with Crippen molar-refractivity contribution in [1.82, 2.24) is 4.98 Å². The van der Waals surface area contributed by atoms with E-state index >= 15 is 0 Å². The summed E-state index contributed by atoms with van der Waals surface area (Å²) in [6.07, 6.45) is 0. The maximum absolute atomic E-state index is 4.13. The van der Waals surface area contributed by atoms with E-state index < -0.39 is 0 Å². The Morgan fingerprint density at radius 2 is 1.80 bits per heavy atom. The number of hydrogen-bond acceptors (Lipinski definition) is 2. The smallest absolute Gasteiger partial charge is 0.0897 e. The summed E-state index contributed by atoms with van der Waals surface area (Å²) in [5, 5.41) is 3.20. The Kier molecular flexibility index (Phi) is 9.41. The Labute approximate surface area is 78.8 Å². The van der Waals surface area contributed by atoms with E-state index in [-0.39, 0.29) is 18.6 Å². The summed E-state index contributed by atoms with van der Waals surface area (Å²) in [4.78, 5) is 4.13. The average Bonchev–Trinajstić information content (AvgIpc) is 2.20. The summed E-state index contributed by atoms with van der Waals surface area (Å²) in [7, 11) is 0. The van der Waals surface area contributed by atoms with Crippen molar-refractivity contribution in [2.45, 2.75) is 27.7 Å². The van der Waals surface area contributed by atoms with Crippen LogP contribution in [-0.2, 0) is 18.6 Å². The molecule has 1 rings (SSSR count). The van der Waals surface area contributed by atoms with Gasteiger partial charge in [0.15, 0.2) is 0 Å². The second-order valence-corrected chi connectivity index (χ2v) is 2.57. The van der Waals surface area contributed by atoms with Gasteiger partial charge in [0.2, 0.25) is 0 Å². The maximum Gasteiger partial charge on any atom is 0.0897 e. The van der Waals surface area contributed by atoms with Gasteiger partial charge in [0.25, 0.3) is 0 Å². The summed E-state index contributed by atoms with van der Waals surface area (Å²) in [5.74, 6) is 0. The van der Waals surface area contributed by atoms with E-state index in [0.717, 1.165) is 10.7 Å². The van der Waals surface area contributed by atoms with Crippen LogP contribution in [0.3, 0.4) is 0 Å². The van der Waals surface area contributed by atoms with Crippen LogP contribution in [0.15, 0.2) is 5.38 Å². The van der Waals surface area contributed by atoms with E-state index in [1.807, 2.05) is 27.7 Å². The summed E-state index contributed by atoms with van der Waals surface area (Å²) in [5.41, 5.74) is 1.13. The zero-order valence-corrected chi connectivity index (χ0v) is 9.09. The Bertz CT molecular complexity index is 146. The standard InChI is InChI=1S/C5H7NS.C2H6.V/c1-4-3-7-5(2)6-4;1-2;/h3H,1-2H3;1-2H3;. The molecule has 0 unspecified atom stereocenters. The molecule has 1 aromatic heterocycles. The van der Waals surface area contributed by atoms with Crippen molar-refractivity contribution in [2.24, 2.45) is 0 Å². The fraction of sp³-hybridized carbons (Fsp3) is 0.571. The van der Waals surface area contributed by atoms with Crippen LogP contribution < -0.4 is 0 Å². The van der Waals surface area contributed by atoms with E-state index in [4.69, 9.17) is 0 Å². The molecule has 0 aromatic carbocycles. The number of hydrogen-bond donors (Lipinski definition) is 0. The normalized spacial score (nSPS) is 7.20. The molecule has 1 heterocycles. The van der Waals surface area contributed by atoms with Crippen LogP contribution in [0.2, 0.25) is 0 Å². The molecule has 0 aliphatic rings. The number of nitrogens with zero attached hydrogens (tertiary/aromatic N) is 1. The molecule has 0 bridgehead atoms. The van der Waals surface area contributed by atoms with Crippen LogP contribution in [-0.4, -0.2) is 4.98 Å². The zero-order valence-electron chi connectivity index (χ0n) is 6.88. The molecule has 0 fully saturated rings. The monoisotopic (exact) mass is 194 g/mol. The van der Waals surface area contributed by atoms with Gasteiger partial charge in [-0.25, -0.2) is 4.98 Å². The van der Waals surface area contributed by atoms with Gasteiger partial charge < -0.3 is 0 Å². The number of aryl methyl sites for hydroxylation is 2. The van der Waals surface area contributed by atoms with Gasteiger partial charge in [-0.05, 0) is 13.8 Å². The molecule has 0 saturated heterocycles. The van der Waals surface area contributed by atoms with Crippen molar-refractivity contribution in [1.29, 1.82) is 0 Å². The van der Waals surface area contributed by atoms with Crippen LogP contribution in [0.4, 0.5) is 0 Å². The molecule has 1 aromatic rings. The molecule has 0 aliphatic carbocycles. The predicted molar refractivity (Wildman–Crippen MR) is 42.9 cm³/mol. The fourth-order valence-electron chi connectivity index (χ4n) is 0.472. The minimum atomic E-state index is 0. The topological polar surface area (TPSA) is 12.9 Å². The van der Waals surface area contributed by atoms with Gasteiger partial charge in [0.1, 0.15) is 0 Å². The van der Waals surface area contributed by atoms with Gasteiger partial charge in [-0.15, -0.1) is 11.3 Å². The van der Waals surface area contributed by atoms with Gasteiger partial charge in [-0.2, -0.15) is 0 Å². The largest absolute Gasteiger partial charge is 0.247 e. The van der Waals surface area contributed by atoms with Crippen LogP contribution >= 0.6 is 11.3 Å². The molecular weight excluding hydrogens is 181 g/mol. The summed E-state index contributed by atoms with van der Waals surface area (Å²) in [6.45, 7) is 8.02. The van der Waals surface area contributed by atoms with Crippen molar-refractivity contribution in [3.8, 4) is 0 Å². The first-order valence-corrected chi connectivity index (χ1v) is 4.06. The molecule has 1 nitrogen and oxygen atoms in total. The van der Waals surface area contributed by atoms with Crippen molar-refractivity contribution in [2.75, 3.05) is 0 Å². The molecule has 0 aliphatic heterocycles. The van der Waals surface area contributed by atoms with Gasteiger partial charge in [-0.3, -0.25) is 0 Å². The van der Waals surface area contributed by atoms with Crippen molar-refractivity contribution >= 4 is 11.3 Å². The zero-order chi connectivity index (χ0) is 7.28. The quantitative estimate of drug-likeness (QED) is 0.618. The van der Waals surface area contributed by atoms with Crippen molar-refractivity contribution < 1.29 is 18.6 Å². The van der Waals surface area contributed by atoms with Crippen LogP contribution in [0.25, 0.3) is 0 Å². The minimum absolute atomic E-state index is 0. The summed E-state index contributed by atoms with van der Waals surface area (Å²) < 4.78 is 0. The summed E-state index contributed by atoms with van der Waals surface area (Å²) in [6, 6.07) is 0. The first kappa shape index (κ1) is 12.9. The third-order valence-electron chi connectivity index (χ3n) is 0.734. The van der Waals surface area contributed by atoms with E-state index in [1.165, 1.54) is 0 Å². The second-order valence-electron chi connectivity index (χ2n) is 1.51. The number of thiazole rings is 1. The van der Waals surface area contributed by atoms with Crippen LogP contribution in [0, 0.1) is 13.8 Å². The van der Waals surface area contributed by atoms with Gasteiger partial charge in [0, 0.05) is 29.6 Å². The summed E-state index contributed by atoms with van der Waals surface area (Å²) >= 11 is 1.69. The van der Waals surface area contributed by atoms with Gasteiger partial charge >= 0.3 is 0 Å². The third-order valence-corrected chi connectivity index (χ3v) is 1.63. The first-order valence-electron chi connectivity index (χ1n) is 3.18. The van der Waals surface area contributed by atoms with Gasteiger partial charge in [0.05, 0.1) is 5.01 Å². The molecule has 57 valence electrons. The Hall–Kier alpha value is 0.214. The van der Waals surface area contributed by atoms with Gasteiger partial charge in [-0.1, -0.05) is 13.8 Å². The minimum Gasteiger partial charge on any atom is -0.247 e. The SMILES string of the molecule is CC.Cc1csc(C)n1.[V]. The molecule has 0 atom stereocenters. The molecule has 0 amide bonds. The van der Waals surface area contributed by atoms with E-state index in [2.05, 4.69) is 10.4 Å². The molecule has 10 heavy (non-hydrogen) atoms. The van der Waals surface area contributed by atoms with E-state index in [0.29, 0.717) is 0 Å². The molecular formula is C7H13NSV. The predicted octanol–water partition coefficient (Wildman–Crippen LogP) is 2.78. The third kappa shape index (κ3) is 5.04. The average molecular weight is 194 g/mol. The maximum atomic E-state index is 4.13. The van der Waals surface area contributed by atoms with Crippen molar-refractivity contribution in [3.05, 3.63) is 16.1 Å². The van der Waals surface area contributed by atoms with E-state index in [1.54, 1.807) is 11.3 Å². The van der Waals surface area contributed by atoms with E-state index in [9.17, 15) is 0 Å². The fourth-order valence-corrected chi connectivity index (χ4v) is 1.06. The Morgan fingerprint density at radius 1 is 1.30 bits per heavy atom. The Balaban J connectivity index is 0. The van der Waals surface area contributed by atoms with Crippen LogP contribution in [0.1, 0.15) is 24.5 Å². The second kappa shape index (κ2) is 7.32. The molecule has 0 spiro atoms. The van der Waals surface area contributed by atoms with Crippen molar-refractivity contribution in [3.63, 3.8) is 0 Å². The molecule has 1 radical (unpaired) electrons.